The van der Waals surface area contributed by atoms with Gasteiger partial charge in [0.1, 0.15) is 5.69 Å². The van der Waals surface area contributed by atoms with Crippen LogP contribution in [0, 0.1) is 6.92 Å². The molecule has 0 aromatic carbocycles. The number of esters is 1. The van der Waals surface area contributed by atoms with E-state index < -0.39 is 0 Å². The molecule has 7 heteroatoms. The van der Waals surface area contributed by atoms with E-state index in [1.165, 1.54) is 7.11 Å². The van der Waals surface area contributed by atoms with Crippen LogP contribution in [0.2, 0.25) is 0 Å². The maximum Gasteiger partial charge on any atom is 0.306 e. The van der Waals surface area contributed by atoms with Crippen molar-refractivity contribution in [2.75, 3.05) is 13.7 Å². The first-order valence-corrected chi connectivity index (χ1v) is 9.15. The van der Waals surface area contributed by atoms with Gasteiger partial charge in [0.25, 0.3) is 0 Å². The number of fused-ring (bicyclic) bond motifs is 1. The van der Waals surface area contributed by atoms with Crippen LogP contribution in [0.5, 0.6) is 5.75 Å². The van der Waals surface area contributed by atoms with Crippen LogP contribution in [0.4, 0.5) is 0 Å². The predicted octanol–water partition coefficient (Wildman–Crippen LogP) is 3.36. The molecule has 28 heavy (non-hydrogen) atoms. The highest BCUT2D eigenvalue weighted by molar-refractivity contribution is 5.97. The molecule has 146 valence electrons. The number of nitrogens with zero attached hydrogens (tertiary/aromatic N) is 3. The average Bonchev–Trinajstić information content (AvgIpc) is 3.05. The number of aryl methyl sites for hydroxylation is 1. The topological polar surface area (TPSA) is 82.8 Å². The zero-order valence-electron chi connectivity index (χ0n) is 16.2. The van der Waals surface area contributed by atoms with E-state index in [1.807, 2.05) is 25.1 Å². The number of methoxy groups -OCH3 is 1. The fourth-order valence-corrected chi connectivity index (χ4v) is 3.29. The third-order valence-electron chi connectivity index (χ3n) is 4.58. The summed E-state index contributed by atoms with van der Waals surface area (Å²) in [6.07, 6.45) is 5.38. The van der Waals surface area contributed by atoms with Gasteiger partial charge in [0.05, 0.1) is 25.8 Å². The van der Waals surface area contributed by atoms with Crippen LogP contribution in [0.15, 0.2) is 42.9 Å². The second kappa shape index (κ2) is 8.65. The van der Waals surface area contributed by atoms with Crippen LogP contribution in [0.1, 0.15) is 47.4 Å². The molecule has 0 saturated carbocycles. The van der Waals surface area contributed by atoms with Crippen molar-refractivity contribution in [2.45, 2.75) is 32.6 Å². The molecule has 0 aliphatic rings. The molecule has 3 aromatic rings. The molecule has 0 spiro atoms. The number of rotatable bonds is 8. The molecule has 0 radical (unpaired) electrons. The van der Waals surface area contributed by atoms with E-state index in [0.29, 0.717) is 29.4 Å². The first-order chi connectivity index (χ1) is 13.5. The molecule has 0 fully saturated rings. The lowest BCUT2D eigenvalue weighted by Crippen LogP contribution is -2.15. The van der Waals surface area contributed by atoms with E-state index in [-0.39, 0.29) is 30.5 Å². The Morgan fingerprint density at radius 1 is 1.21 bits per heavy atom. The SMILES string of the molecule is CCOc1cccn2c(C(=O)C[C@@H](CC(=O)OC)c3cccnc3)c(C)nc12. The number of carbonyl (C=O) groups is 2. The maximum absolute atomic E-state index is 13.2. The van der Waals surface area contributed by atoms with Crippen LogP contribution in [0.3, 0.4) is 0 Å². The number of carbonyl (C=O) groups excluding carboxylic acids is 2. The van der Waals surface area contributed by atoms with E-state index in [0.717, 1.165) is 5.56 Å². The van der Waals surface area contributed by atoms with E-state index in [9.17, 15) is 9.59 Å². The van der Waals surface area contributed by atoms with E-state index >= 15 is 0 Å². The first kappa shape index (κ1) is 19.5. The van der Waals surface area contributed by atoms with Crippen molar-refractivity contribution in [3.05, 3.63) is 59.8 Å². The Bertz CT molecular complexity index is 982. The normalized spacial score (nSPS) is 12.0. The highest BCUT2D eigenvalue weighted by Crippen LogP contribution is 2.28. The van der Waals surface area contributed by atoms with Crippen molar-refractivity contribution in [3.8, 4) is 5.75 Å². The maximum atomic E-state index is 13.2. The summed E-state index contributed by atoms with van der Waals surface area (Å²) in [4.78, 5) is 33.7. The summed E-state index contributed by atoms with van der Waals surface area (Å²) in [7, 11) is 1.34. The molecule has 7 nitrogen and oxygen atoms in total. The number of aromatic nitrogens is 3. The summed E-state index contributed by atoms with van der Waals surface area (Å²) in [5.41, 5.74) is 2.55. The van der Waals surface area contributed by atoms with Crippen molar-refractivity contribution in [1.29, 1.82) is 0 Å². The Labute approximate surface area is 163 Å². The van der Waals surface area contributed by atoms with Gasteiger partial charge in [-0.2, -0.15) is 0 Å². The van der Waals surface area contributed by atoms with E-state index in [1.54, 1.807) is 36.0 Å². The van der Waals surface area contributed by atoms with Crippen molar-refractivity contribution in [2.24, 2.45) is 0 Å². The van der Waals surface area contributed by atoms with Gasteiger partial charge < -0.3 is 9.47 Å². The standard InChI is InChI=1S/C21H23N3O4/c1-4-28-18-8-6-10-24-20(14(2)23-21(18)24)17(25)11-16(12-19(26)27-3)15-7-5-9-22-13-15/h5-10,13,16H,4,11-12H2,1-3H3/t16-/m0/s1. The molecule has 0 bridgehead atoms. The smallest absolute Gasteiger partial charge is 0.306 e. The fraction of sp³-hybridized carbons (Fsp3) is 0.333. The quantitative estimate of drug-likeness (QED) is 0.439. The minimum Gasteiger partial charge on any atom is -0.490 e. The Morgan fingerprint density at radius 2 is 2.04 bits per heavy atom. The summed E-state index contributed by atoms with van der Waals surface area (Å²) in [6.45, 7) is 4.21. The van der Waals surface area contributed by atoms with Crippen LogP contribution in [-0.4, -0.2) is 39.8 Å². The van der Waals surface area contributed by atoms with Gasteiger partial charge >= 0.3 is 5.97 Å². The van der Waals surface area contributed by atoms with Gasteiger partial charge in [-0.15, -0.1) is 0 Å². The second-order valence-electron chi connectivity index (χ2n) is 6.44. The largest absolute Gasteiger partial charge is 0.490 e. The molecule has 0 amide bonds. The average molecular weight is 381 g/mol. The number of Topliss-reactive ketones (excluding diaryl/α,β-unsaturated/α-hetero) is 1. The molecule has 1 atom stereocenters. The monoisotopic (exact) mass is 381 g/mol. The molecule has 3 rings (SSSR count). The van der Waals surface area contributed by atoms with E-state index in [2.05, 4.69) is 9.97 Å². The zero-order chi connectivity index (χ0) is 20.1. The Balaban J connectivity index is 1.95. The summed E-state index contributed by atoms with van der Waals surface area (Å²) in [5, 5.41) is 0. The Morgan fingerprint density at radius 3 is 2.71 bits per heavy atom. The number of ether oxygens (including phenoxy) is 2. The van der Waals surface area contributed by atoms with Gasteiger partial charge in [-0.1, -0.05) is 6.07 Å². The lowest BCUT2D eigenvalue weighted by molar-refractivity contribution is -0.141. The highest BCUT2D eigenvalue weighted by Gasteiger charge is 2.25. The summed E-state index contributed by atoms with van der Waals surface area (Å²) < 4.78 is 12.2. The van der Waals surface area contributed by atoms with Crippen LogP contribution < -0.4 is 4.74 Å². The molecule has 0 aliphatic carbocycles. The molecule has 0 N–H and O–H groups in total. The number of ketones is 1. The third-order valence-corrected chi connectivity index (χ3v) is 4.58. The van der Waals surface area contributed by atoms with Crippen molar-refractivity contribution in [1.82, 2.24) is 14.4 Å². The Hall–Kier alpha value is -3.22. The van der Waals surface area contributed by atoms with Crippen molar-refractivity contribution in [3.63, 3.8) is 0 Å². The number of hydrogen-bond acceptors (Lipinski definition) is 6. The number of pyridine rings is 2. The number of imidazole rings is 1. The summed E-state index contributed by atoms with van der Waals surface area (Å²) >= 11 is 0. The zero-order valence-corrected chi connectivity index (χ0v) is 16.2. The molecule has 0 unspecified atom stereocenters. The van der Waals surface area contributed by atoms with Gasteiger partial charge in [-0.3, -0.25) is 19.0 Å². The van der Waals surface area contributed by atoms with Crippen LogP contribution in [0.25, 0.3) is 5.65 Å². The van der Waals surface area contributed by atoms with Crippen molar-refractivity contribution >= 4 is 17.4 Å². The first-order valence-electron chi connectivity index (χ1n) is 9.15. The highest BCUT2D eigenvalue weighted by atomic mass is 16.5. The third kappa shape index (κ3) is 4.03. The van der Waals surface area contributed by atoms with E-state index in [4.69, 9.17) is 9.47 Å². The van der Waals surface area contributed by atoms with Gasteiger partial charge in [-0.05, 0) is 37.6 Å². The minimum absolute atomic E-state index is 0.101. The van der Waals surface area contributed by atoms with Crippen LogP contribution >= 0.6 is 0 Å². The summed E-state index contributed by atoms with van der Waals surface area (Å²) in [6, 6.07) is 7.30. The predicted molar refractivity (Wildman–Crippen MR) is 104 cm³/mol. The lowest BCUT2D eigenvalue weighted by atomic mass is 9.91. The molecule has 3 heterocycles. The van der Waals surface area contributed by atoms with Gasteiger partial charge in [0, 0.05) is 30.9 Å². The molecular weight excluding hydrogens is 358 g/mol. The molecule has 0 aliphatic heterocycles. The van der Waals surface area contributed by atoms with Crippen molar-refractivity contribution < 1.29 is 19.1 Å². The Kier molecular flexibility index (Phi) is 6.03. The molecular formula is C21H23N3O4. The van der Waals surface area contributed by atoms with Crippen LogP contribution in [-0.2, 0) is 9.53 Å². The number of hydrogen-bond donors (Lipinski definition) is 0. The summed E-state index contributed by atoms with van der Waals surface area (Å²) in [5.74, 6) is -0.161. The van der Waals surface area contributed by atoms with Gasteiger partial charge in [0.15, 0.2) is 17.2 Å². The minimum atomic E-state index is -0.366. The van der Waals surface area contributed by atoms with Gasteiger partial charge in [0.2, 0.25) is 0 Å². The molecule has 3 aromatic heterocycles. The second-order valence-corrected chi connectivity index (χ2v) is 6.44. The lowest BCUT2D eigenvalue weighted by Gasteiger charge is -2.15. The van der Waals surface area contributed by atoms with Gasteiger partial charge in [-0.25, -0.2) is 4.98 Å². The molecule has 0 saturated heterocycles. The fourth-order valence-electron chi connectivity index (χ4n) is 3.29.